The van der Waals surface area contributed by atoms with Gasteiger partial charge < -0.3 is 14.6 Å². The fraction of sp³-hybridized carbons (Fsp3) is 0.800. The maximum Gasteiger partial charge on any atom is 0.203 e. The highest BCUT2D eigenvalue weighted by Crippen LogP contribution is 2.38. The van der Waals surface area contributed by atoms with Gasteiger partial charge in [-0.2, -0.15) is 0 Å². The second-order valence-electron chi connectivity index (χ2n) is 5.63. The summed E-state index contributed by atoms with van der Waals surface area (Å²) in [7, 11) is 1.74. The SMILES string of the molecule is CCC(CC1CC1)n1cc(C)nc1NCCCOC. The number of hydrogen-bond acceptors (Lipinski definition) is 3. The first kappa shape index (κ1) is 14.4. The predicted octanol–water partition coefficient (Wildman–Crippen LogP) is 3.39. The van der Waals surface area contributed by atoms with Gasteiger partial charge in [0, 0.05) is 32.5 Å². The van der Waals surface area contributed by atoms with Crippen LogP contribution in [-0.4, -0.2) is 29.8 Å². The average Bonchev–Trinajstić information content (AvgIpc) is 3.15. The van der Waals surface area contributed by atoms with Crippen molar-refractivity contribution < 1.29 is 4.74 Å². The summed E-state index contributed by atoms with van der Waals surface area (Å²) >= 11 is 0. The maximum absolute atomic E-state index is 5.08. The predicted molar refractivity (Wildman–Crippen MR) is 78.6 cm³/mol. The van der Waals surface area contributed by atoms with Crippen molar-refractivity contribution in [2.24, 2.45) is 5.92 Å². The molecule has 0 bridgehead atoms. The molecule has 0 spiro atoms. The first-order chi connectivity index (χ1) is 9.24. The Balaban J connectivity index is 1.96. The molecule has 1 aromatic rings. The number of methoxy groups -OCH3 is 1. The zero-order chi connectivity index (χ0) is 13.7. The number of imidazole rings is 1. The zero-order valence-electron chi connectivity index (χ0n) is 12.5. The lowest BCUT2D eigenvalue weighted by atomic mass is 10.1. The van der Waals surface area contributed by atoms with Crippen LogP contribution in [0.1, 0.15) is 50.8 Å². The van der Waals surface area contributed by atoms with Gasteiger partial charge >= 0.3 is 0 Å². The van der Waals surface area contributed by atoms with Crippen LogP contribution in [-0.2, 0) is 4.74 Å². The van der Waals surface area contributed by atoms with Crippen molar-refractivity contribution in [1.29, 1.82) is 0 Å². The van der Waals surface area contributed by atoms with Gasteiger partial charge in [-0.05, 0) is 32.1 Å². The standard InChI is InChI=1S/C15H27N3O/c1-4-14(10-13-6-7-13)18-11-12(2)17-15(18)16-8-5-9-19-3/h11,13-14H,4-10H2,1-3H3,(H,16,17). The molecule has 1 atom stereocenters. The smallest absolute Gasteiger partial charge is 0.203 e. The third-order valence-electron chi connectivity index (χ3n) is 3.83. The Morgan fingerprint density at radius 3 is 2.95 bits per heavy atom. The van der Waals surface area contributed by atoms with Crippen LogP contribution >= 0.6 is 0 Å². The summed E-state index contributed by atoms with van der Waals surface area (Å²) in [6, 6.07) is 0.596. The fourth-order valence-corrected chi connectivity index (χ4v) is 2.56. The molecule has 0 saturated heterocycles. The molecular weight excluding hydrogens is 238 g/mol. The lowest BCUT2D eigenvalue weighted by Crippen LogP contribution is -2.14. The molecule has 4 heteroatoms. The van der Waals surface area contributed by atoms with Crippen molar-refractivity contribution >= 4 is 5.95 Å². The molecule has 1 fully saturated rings. The minimum absolute atomic E-state index is 0.596. The second kappa shape index (κ2) is 6.94. The molecule has 1 N–H and O–H groups in total. The third-order valence-corrected chi connectivity index (χ3v) is 3.83. The molecule has 1 unspecified atom stereocenters. The Morgan fingerprint density at radius 1 is 1.53 bits per heavy atom. The molecule has 1 aliphatic rings. The van der Waals surface area contributed by atoms with E-state index in [4.69, 9.17) is 4.74 Å². The molecule has 1 aromatic heterocycles. The Labute approximate surface area is 116 Å². The summed E-state index contributed by atoms with van der Waals surface area (Å²) in [4.78, 5) is 4.62. The Morgan fingerprint density at radius 2 is 2.32 bits per heavy atom. The van der Waals surface area contributed by atoms with Crippen LogP contribution in [0.25, 0.3) is 0 Å². The van der Waals surface area contributed by atoms with E-state index in [1.807, 2.05) is 0 Å². The zero-order valence-corrected chi connectivity index (χ0v) is 12.5. The number of rotatable bonds is 9. The van der Waals surface area contributed by atoms with Crippen molar-refractivity contribution in [3.63, 3.8) is 0 Å². The average molecular weight is 265 g/mol. The van der Waals surface area contributed by atoms with Crippen molar-refractivity contribution in [2.45, 2.75) is 52.0 Å². The van der Waals surface area contributed by atoms with Gasteiger partial charge in [-0.25, -0.2) is 4.98 Å². The van der Waals surface area contributed by atoms with E-state index in [2.05, 4.69) is 34.9 Å². The normalized spacial score (nSPS) is 16.6. The summed E-state index contributed by atoms with van der Waals surface area (Å²) in [6.07, 6.45) is 8.52. The van der Waals surface area contributed by atoms with Gasteiger partial charge in [0.05, 0.1) is 5.69 Å². The minimum atomic E-state index is 0.596. The van der Waals surface area contributed by atoms with Gasteiger partial charge in [0.1, 0.15) is 0 Å². The maximum atomic E-state index is 5.08. The van der Waals surface area contributed by atoms with E-state index in [1.54, 1.807) is 7.11 Å². The molecule has 108 valence electrons. The van der Waals surface area contributed by atoms with E-state index in [0.29, 0.717) is 6.04 Å². The number of aromatic nitrogens is 2. The molecular formula is C15H27N3O. The second-order valence-corrected chi connectivity index (χ2v) is 5.63. The molecule has 0 amide bonds. The Hall–Kier alpha value is -1.03. The molecule has 19 heavy (non-hydrogen) atoms. The molecule has 1 heterocycles. The summed E-state index contributed by atoms with van der Waals surface area (Å²) in [6.45, 7) is 6.06. The van der Waals surface area contributed by atoms with Gasteiger partial charge in [-0.1, -0.05) is 19.8 Å². The van der Waals surface area contributed by atoms with Crippen LogP contribution in [0, 0.1) is 12.8 Å². The van der Waals surface area contributed by atoms with Crippen molar-refractivity contribution in [1.82, 2.24) is 9.55 Å². The van der Waals surface area contributed by atoms with Crippen molar-refractivity contribution in [3.8, 4) is 0 Å². The van der Waals surface area contributed by atoms with E-state index in [-0.39, 0.29) is 0 Å². The lowest BCUT2D eigenvalue weighted by Gasteiger charge is -2.19. The summed E-state index contributed by atoms with van der Waals surface area (Å²) < 4.78 is 7.43. The molecule has 0 aliphatic heterocycles. The van der Waals surface area contributed by atoms with Crippen LogP contribution in [0.2, 0.25) is 0 Å². The number of ether oxygens (including phenoxy) is 1. The van der Waals surface area contributed by atoms with Gasteiger partial charge in [0.25, 0.3) is 0 Å². The summed E-state index contributed by atoms with van der Waals surface area (Å²) in [5.74, 6) is 1.98. The minimum Gasteiger partial charge on any atom is -0.385 e. The molecule has 1 aliphatic carbocycles. The van der Waals surface area contributed by atoms with E-state index in [0.717, 1.165) is 37.1 Å². The lowest BCUT2D eigenvalue weighted by molar-refractivity contribution is 0.197. The van der Waals surface area contributed by atoms with Crippen LogP contribution in [0.3, 0.4) is 0 Å². The van der Waals surface area contributed by atoms with Crippen LogP contribution < -0.4 is 5.32 Å². The topological polar surface area (TPSA) is 39.1 Å². The third kappa shape index (κ3) is 4.23. The van der Waals surface area contributed by atoms with Gasteiger partial charge in [0.15, 0.2) is 0 Å². The number of anilines is 1. The van der Waals surface area contributed by atoms with Gasteiger partial charge in [0.2, 0.25) is 5.95 Å². The number of aryl methyl sites for hydroxylation is 1. The van der Waals surface area contributed by atoms with E-state index < -0.39 is 0 Å². The molecule has 4 nitrogen and oxygen atoms in total. The van der Waals surface area contributed by atoms with Crippen LogP contribution in [0.4, 0.5) is 5.95 Å². The largest absolute Gasteiger partial charge is 0.385 e. The van der Waals surface area contributed by atoms with Crippen molar-refractivity contribution in [2.75, 3.05) is 25.6 Å². The highest BCUT2D eigenvalue weighted by Gasteiger charge is 2.26. The first-order valence-corrected chi connectivity index (χ1v) is 7.52. The molecule has 2 rings (SSSR count). The van der Waals surface area contributed by atoms with E-state index >= 15 is 0 Å². The summed E-state index contributed by atoms with van der Waals surface area (Å²) in [5.41, 5.74) is 1.10. The highest BCUT2D eigenvalue weighted by atomic mass is 16.5. The molecule has 0 aromatic carbocycles. The molecule has 1 saturated carbocycles. The van der Waals surface area contributed by atoms with Gasteiger partial charge in [-0.3, -0.25) is 0 Å². The fourth-order valence-electron chi connectivity index (χ4n) is 2.56. The monoisotopic (exact) mass is 265 g/mol. The number of nitrogens with zero attached hydrogens (tertiary/aromatic N) is 2. The summed E-state index contributed by atoms with van der Waals surface area (Å²) in [5, 5.41) is 3.45. The number of hydrogen-bond donors (Lipinski definition) is 1. The highest BCUT2D eigenvalue weighted by molar-refractivity contribution is 5.29. The van der Waals surface area contributed by atoms with Gasteiger partial charge in [-0.15, -0.1) is 0 Å². The Bertz CT molecular complexity index is 385. The quantitative estimate of drug-likeness (QED) is 0.696. The number of nitrogens with one attached hydrogen (secondary N) is 1. The first-order valence-electron chi connectivity index (χ1n) is 7.52. The molecule has 0 radical (unpaired) electrons. The van der Waals surface area contributed by atoms with E-state index in [9.17, 15) is 0 Å². The van der Waals surface area contributed by atoms with E-state index in [1.165, 1.54) is 25.7 Å². The van der Waals surface area contributed by atoms with Crippen LogP contribution in [0.15, 0.2) is 6.20 Å². The Kier molecular flexibility index (Phi) is 5.25. The van der Waals surface area contributed by atoms with Crippen LogP contribution in [0.5, 0.6) is 0 Å². The van der Waals surface area contributed by atoms with Crippen molar-refractivity contribution in [3.05, 3.63) is 11.9 Å².